The molecule has 1 saturated carbocycles. The van der Waals surface area contributed by atoms with Crippen molar-refractivity contribution in [2.45, 2.75) is 54.9 Å². The Morgan fingerprint density at radius 1 is 1.09 bits per heavy atom. The maximum atomic E-state index is 14.0. The second-order valence-electron chi connectivity index (χ2n) is 8.04. The van der Waals surface area contributed by atoms with Crippen molar-refractivity contribution in [3.05, 3.63) is 42.5 Å². The van der Waals surface area contributed by atoms with E-state index in [0.29, 0.717) is 19.3 Å². The normalized spacial score (nSPS) is 22.4. The highest BCUT2D eigenvalue weighted by Gasteiger charge is 2.48. The standard InChI is InChI=1S/C22H29NO7S2/c1-3-29-21(24)16-23-22(13-7-6-10-19(15-22)30-31(2,25)26)32(27,28)20-12-11-17-8-4-5-9-18(17)14-20/h4-5,8-9,11-12,14,19,23H,3,6-7,10,13,15-16H2,1-2H3/t19?,22-/m1/s1. The summed E-state index contributed by atoms with van der Waals surface area (Å²) in [5.74, 6) is -0.578. The Hall–Kier alpha value is -2.01. The highest BCUT2D eigenvalue weighted by atomic mass is 32.2. The van der Waals surface area contributed by atoms with E-state index < -0.39 is 36.9 Å². The summed E-state index contributed by atoms with van der Waals surface area (Å²) in [6, 6.07) is 12.3. The SMILES string of the molecule is CCOC(=O)CN[C@@]1(S(=O)(=O)c2ccc3ccccc3c2)CCCCC(OS(C)(=O)=O)C1. The fraction of sp³-hybridized carbons (Fsp3) is 0.500. The zero-order valence-corrected chi connectivity index (χ0v) is 19.9. The molecule has 0 bridgehead atoms. The van der Waals surface area contributed by atoms with Gasteiger partial charge in [0, 0.05) is 6.42 Å². The van der Waals surface area contributed by atoms with Crippen LogP contribution in [0, 0.1) is 0 Å². The number of carbonyl (C=O) groups excluding carboxylic acids is 1. The van der Waals surface area contributed by atoms with Gasteiger partial charge >= 0.3 is 5.97 Å². The van der Waals surface area contributed by atoms with Crippen molar-refractivity contribution in [1.82, 2.24) is 5.32 Å². The molecule has 0 aliphatic heterocycles. The second kappa shape index (κ2) is 9.86. The minimum absolute atomic E-state index is 0.103. The van der Waals surface area contributed by atoms with Gasteiger partial charge in [-0.2, -0.15) is 8.42 Å². The summed E-state index contributed by atoms with van der Waals surface area (Å²) in [4.78, 5) is 10.6. The number of benzene rings is 2. The first-order valence-corrected chi connectivity index (χ1v) is 13.9. The maximum absolute atomic E-state index is 14.0. The van der Waals surface area contributed by atoms with Crippen LogP contribution in [-0.2, 0) is 33.7 Å². The summed E-state index contributed by atoms with van der Waals surface area (Å²) < 4.78 is 61.7. The molecule has 176 valence electrons. The molecule has 1 aliphatic carbocycles. The summed E-state index contributed by atoms with van der Waals surface area (Å²) in [6.45, 7) is 1.53. The van der Waals surface area contributed by atoms with Crippen LogP contribution in [0.4, 0.5) is 0 Å². The predicted octanol–water partition coefficient (Wildman–Crippen LogP) is 2.77. The first kappa shape index (κ1) is 24.6. The van der Waals surface area contributed by atoms with Gasteiger partial charge in [0.25, 0.3) is 10.1 Å². The van der Waals surface area contributed by atoms with Crippen LogP contribution in [-0.4, -0.2) is 53.2 Å². The number of rotatable bonds is 8. The Bertz CT molecular complexity index is 1180. The molecular formula is C22H29NO7S2. The molecule has 0 radical (unpaired) electrons. The van der Waals surface area contributed by atoms with E-state index in [0.717, 1.165) is 17.0 Å². The lowest BCUT2D eigenvalue weighted by molar-refractivity contribution is -0.142. The number of esters is 1. The van der Waals surface area contributed by atoms with E-state index in [9.17, 15) is 21.6 Å². The number of hydrogen-bond acceptors (Lipinski definition) is 8. The minimum atomic E-state index is -4.03. The van der Waals surface area contributed by atoms with E-state index in [2.05, 4.69) is 5.32 Å². The van der Waals surface area contributed by atoms with E-state index >= 15 is 0 Å². The number of hydrogen-bond donors (Lipinski definition) is 1. The molecule has 1 unspecified atom stereocenters. The lowest BCUT2D eigenvalue weighted by atomic mass is 10.1. The van der Waals surface area contributed by atoms with Crippen LogP contribution in [0.1, 0.15) is 39.0 Å². The van der Waals surface area contributed by atoms with Crippen LogP contribution < -0.4 is 5.32 Å². The van der Waals surface area contributed by atoms with E-state index in [1.165, 1.54) is 0 Å². The Labute approximate surface area is 189 Å². The van der Waals surface area contributed by atoms with Crippen LogP contribution in [0.3, 0.4) is 0 Å². The summed E-state index contributed by atoms with van der Waals surface area (Å²) >= 11 is 0. The van der Waals surface area contributed by atoms with Gasteiger partial charge in [-0.25, -0.2) is 8.42 Å². The third kappa shape index (κ3) is 5.67. The van der Waals surface area contributed by atoms with E-state index in [1.54, 1.807) is 25.1 Å². The lowest BCUT2D eigenvalue weighted by Crippen LogP contribution is -2.55. The number of nitrogens with one attached hydrogen (secondary N) is 1. The largest absolute Gasteiger partial charge is 0.465 e. The number of fused-ring (bicyclic) bond motifs is 1. The van der Waals surface area contributed by atoms with Crippen LogP contribution in [0.25, 0.3) is 10.8 Å². The molecular weight excluding hydrogens is 454 g/mol. The average molecular weight is 484 g/mol. The molecule has 2 aromatic carbocycles. The van der Waals surface area contributed by atoms with Gasteiger partial charge in [-0.15, -0.1) is 0 Å². The summed E-state index contributed by atoms with van der Waals surface area (Å²) in [7, 11) is -7.81. The highest BCUT2D eigenvalue weighted by molar-refractivity contribution is 7.92. The molecule has 1 fully saturated rings. The van der Waals surface area contributed by atoms with Gasteiger partial charge in [0.2, 0.25) is 0 Å². The number of ether oxygens (including phenoxy) is 1. The van der Waals surface area contributed by atoms with Gasteiger partial charge < -0.3 is 4.74 Å². The Balaban J connectivity index is 2.05. The van der Waals surface area contributed by atoms with Crippen molar-refractivity contribution in [3.8, 4) is 0 Å². The van der Waals surface area contributed by atoms with Crippen LogP contribution in [0.15, 0.2) is 47.4 Å². The maximum Gasteiger partial charge on any atom is 0.319 e. The quantitative estimate of drug-likeness (QED) is 0.346. The molecule has 32 heavy (non-hydrogen) atoms. The molecule has 1 aliphatic rings. The van der Waals surface area contributed by atoms with Crippen molar-refractivity contribution in [2.24, 2.45) is 0 Å². The van der Waals surface area contributed by atoms with Crippen LogP contribution in [0.2, 0.25) is 0 Å². The molecule has 0 aromatic heterocycles. The van der Waals surface area contributed by atoms with Crippen molar-refractivity contribution in [1.29, 1.82) is 0 Å². The first-order valence-electron chi connectivity index (χ1n) is 10.6. The molecule has 0 spiro atoms. The molecule has 1 N–H and O–H groups in total. The molecule has 8 nitrogen and oxygen atoms in total. The van der Waals surface area contributed by atoms with Gasteiger partial charge in [0.15, 0.2) is 9.84 Å². The Morgan fingerprint density at radius 3 is 2.50 bits per heavy atom. The van der Waals surface area contributed by atoms with Crippen molar-refractivity contribution >= 4 is 36.7 Å². The topological polar surface area (TPSA) is 116 Å². The molecule has 0 saturated heterocycles. The molecule has 0 heterocycles. The molecule has 2 atom stereocenters. The fourth-order valence-corrected chi connectivity index (χ4v) is 6.91. The van der Waals surface area contributed by atoms with Gasteiger partial charge in [0.05, 0.1) is 30.4 Å². The highest BCUT2D eigenvalue weighted by Crippen LogP contribution is 2.38. The van der Waals surface area contributed by atoms with Gasteiger partial charge in [-0.3, -0.25) is 14.3 Å². The first-order chi connectivity index (χ1) is 15.1. The third-order valence-electron chi connectivity index (χ3n) is 5.63. The van der Waals surface area contributed by atoms with Gasteiger partial charge in [-0.1, -0.05) is 43.2 Å². The monoisotopic (exact) mass is 483 g/mol. The molecule has 2 aromatic rings. The average Bonchev–Trinajstić information content (AvgIpc) is 2.94. The van der Waals surface area contributed by atoms with E-state index in [4.69, 9.17) is 8.92 Å². The Morgan fingerprint density at radius 2 is 1.81 bits per heavy atom. The summed E-state index contributed by atoms with van der Waals surface area (Å²) in [6.07, 6.45) is 1.78. The number of carbonyl (C=O) groups is 1. The van der Waals surface area contributed by atoms with Crippen LogP contribution in [0.5, 0.6) is 0 Å². The van der Waals surface area contributed by atoms with E-state index in [-0.39, 0.29) is 30.9 Å². The zero-order valence-electron chi connectivity index (χ0n) is 18.2. The molecule has 10 heteroatoms. The van der Waals surface area contributed by atoms with Crippen molar-refractivity contribution in [3.63, 3.8) is 0 Å². The van der Waals surface area contributed by atoms with Gasteiger partial charge in [0.1, 0.15) is 4.87 Å². The number of sulfone groups is 1. The van der Waals surface area contributed by atoms with Crippen molar-refractivity contribution < 1.29 is 30.6 Å². The van der Waals surface area contributed by atoms with E-state index in [1.807, 2.05) is 24.3 Å². The van der Waals surface area contributed by atoms with Gasteiger partial charge in [-0.05, 0) is 42.7 Å². The molecule has 0 amide bonds. The predicted molar refractivity (Wildman–Crippen MR) is 121 cm³/mol. The minimum Gasteiger partial charge on any atom is -0.465 e. The lowest BCUT2D eigenvalue weighted by Gasteiger charge is -2.35. The summed E-state index contributed by atoms with van der Waals surface area (Å²) in [5, 5.41) is 4.60. The summed E-state index contributed by atoms with van der Waals surface area (Å²) in [5.41, 5.74) is 0. The second-order valence-corrected chi connectivity index (χ2v) is 11.9. The van der Waals surface area contributed by atoms with Crippen molar-refractivity contribution in [2.75, 3.05) is 19.4 Å². The smallest absolute Gasteiger partial charge is 0.319 e. The van der Waals surface area contributed by atoms with Crippen LogP contribution >= 0.6 is 0 Å². The zero-order chi connectivity index (χ0) is 23.4. The fourth-order valence-electron chi connectivity index (χ4n) is 4.19. The Kier molecular flexibility index (Phi) is 7.59. The molecule has 3 rings (SSSR count). The third-order valence-corrected chi connectivity index (χ3v) is 8.67.